The van der Waals surface area contributed by atoms with Crippen molar-refractivity contribution >= 4 is 57.9 Å². The number of carboxylic acid groups (broad SMARTS) is 1. The highest BCUT2D eigenvalue weighted by molar-refractivity contribution is 8.26. The molecule has 1 heterocycles. The van der Waals surface area contributed by atoms with Crippen LogP contribution in [-0.2, 0) is 16.2 Å². The molecule has 3 aromatic carbocycles. The third-order valence-electron chi connectivity index (χ3n) is 4.96. The van der Waals surface area contributed by atoms with Gasteiger partial charge in [0.1, 0.15) is 16.7 Å². The van der Waals surface area contributed by atoms with E-state index in [4.69, 9.17) is 28.6 Å². The fourth-order valence-corrected chi connectivity index (χ4v) is 4.83. The van der Waals surface area contributed by atoms with Gasteiger partial charge < -0.3 is 9.84 Å². The molecule has 1 aliphatic rings. The van der Waals surface area contributed by atoms with E-state index in [1.165, 1.54) is 0 Å². The van der Waals surface area contributed by atoms with Crippen LogP contribution in [0.2, 0.25) is 5.02 Å². The highest BCUT2D eigenvalue weighted by Crippen LogP contribution is 2.38. The van der Waals surface area contributed by atoms with Gasteiger partial charge >= 0.3 is 5.97 Å². The molecule has 1 amide bonds. The lowest BCUT2D eigenvalue weighted by Gasteiger charge is -2.23. The van der Waals surface area contributed by atoms with Gasteiger partial charge in [-0.15, -0.1) is 0 Å². The van der Waals surface area contributed by atoms with Gasteiger partial charge in [-0.25, -0.2) is 4.79 Å². The summed E-state index contributed by atoms with van der Waals surface area (Å²) in [5.41, 5.74) is 2.15. The fourth-order valence-electron chi connectivity index (χ4n) is 3.33. The van der Waals surface area contributed by atoms with Crippen molar-refractivity contribution in [2.75, 3.05) is 0 Å². The van der Waals surface area contributed by atoms with E-state index in [0.717, 1.165) is 27.8 Å². The van der Waals surface area contributed by atoms with Gasteiger partial charge in [-0.05, 0) is 35.4 Å². The Balaban J connectivity index is 1.49. The third-order valence-corrected chi connectivity index (χ3v) is 6.66. The molecule has 0 spiro atoms. The van der Waals surface area contributed by atoms with Crippen molar-refractivity contribution < 1.29 is 19.4 Å². The zero-order valence-electron chi connectivity index (χ0n) is 17.2. The molecule has 1 aliphatic heterocycles. The number of carbonyl (C=O) groups excluding carboxylic acids is 1. The van der Waals surface area contributed by atoms with Crippen LogP contribution >= 0.6 is 35.6 Å². The lowest BCUT2D eigenvalue weighted by atomic mass is 10.1. The normalized spacial score (nSPS) is 15.7. The van der Waals surface area contributed by atoms with Gasteiger partial charge in [0.25, 0.3) is 5.91 Å². The highest BCUT2D eigenvalue weighted by Gasteiger charge is 2.41. The summed E-state index contributed by atoms with van der Waals surface area (Å²) in [7, 11) is 0. The van der Waals surface area contributed by atoms with E-state index in [1.807, 2.05) is 36.4 Å². The summed E-state index contributed by atoms with van der Waals surface area (Å²) in [6, 6.07) is 22.1. The molecule has 1 saturated heterocycles. The van der Waals surface area contributed by atoms with Crippen molar-refractivity contribution in [1.82, 2.24) is 4.90 Å². The van der Waals surface area contributed by atoms with E-state index in [2.05, 4.69) is 0 Å². The number of hydrogen-bond donors (Lipinski definition) is 1. The zero-order chi connectivity index (χ0) is 23.4. The Bertz CT molecular complexity index is 1230. The summed E-state index contributed by atoms with van der Waals surface area (Å²) in [6.07, 6.45) is 1.70. The Morgan fingerprint density at radius 1 is 1.06 bits per heavy atom. The molecule has 5 nitrogen and oxygen atoms in total. The first kappa shape index (κ1) is 23.0. The average Bonchev–Trinajstić information content (AvgIpc) is 3.08. The van der Waals surface area contributed by atoms with Crippen molar-refractivity contribution in [2.24, 2.45) is 0 Å². The van der Waals surface area contributed by atoms with Crippen molar-refractivity contribution in [1.29, 1.82) is 0 Å². The number of thiocarbonyl (C=S) groups is 1. The molecule has 33 heavy (non-hydrogen) atoms. The molecule has 3 aromatic rings. The molecule has 0 radical (unpaired) electrons. The molecular formula is C25H18ClNO4S2. The molecule has 1 N–H and O–H groups in total. The number of hydrogen-bond acceptors (Lipinski definition) is 5. The standard InChI is InChI=1S/C25H18ClNO4S2/c26-20-9-5-4-8-18(20)15-31-19-12-10-16(11-13-19)14-21-23(28)27(25(32)33-21)22(24(29)30)17-6-2-1-3-7-17/h1-14,22H,15H2,(H,29,30)/b21-14+/t22-/m0/s1. The number of aliphatic carboxylic acids is 1. The summed E-state index contributed by atoms with van der Waals surface area (Å²) in [5, 5.41) is 10.4. The van der Waals surface area contributed by atoms with E-state index in [-0.39, 0.29) is 4.32 Å². The smallest absolute Gasteiger partial charge is 0.331 e. The molecule has 0 aromatic heterocycles. The molecule has 1 fully saturated rings. The van der Waals surface area contributed by atoms with Crippen molar-refractivity contribution in [3.8, 4) is 5.75 Å². The number of carboxylic acids is 1. The van der Waals surface area contributed by atoms with Crippen LogP contribution < -0.4 is 4.74 Å². The van der Waals surface area contributed by atoms with E-state index < -0.39 is 17.9 Å². The molecule has 0 aliphatic carbocycles. The third kappa shape index (κ3) is 5.27. The number of amides is 1. The van der Waals surface area contributed by atoms with E-state index in [0.29, 0.717) is 27.8 Å². The Hall–Kier alpha value is -3.13. The maximum atomic E-state index is 13.0. The van der Waals surface area contributed by atoms with Crippen LogP contribution in [0, 0.1) is 0 Å². The second-order valence-corrected chi connectivity index (χ2v) is 9.24. The topological polar surface area (TPSA) is 66.8 Å². The molecule has 8 heteroatoms. The van der Waals surface area contributed by atoms with Crippen LogP contribution in [-0.4, -0.2) is 26.2 Å². The molecule has 1 atom stereocenters. The number of rotatable bonds is 7. The van der Waals surface area contributed by atoms with Crippen LogP contribution in [0.1, 0.15) is 22.7 Å². The Morgan fingerprint density at radius 3 is 2.39 bits per heavy atom. The van der Waals surface area contributed by atoms with E-state index >= 15 is 0 Å². The summed E-state index contributed by atoms with van der Waals surface area (Å²) < 4.78 is 6.00. The SMILES string of the molecule is O=C(O)[C@H](c1ccccc1)N1C(=O)/C(=C\c2ccc(OCc3ccccc3Cl)cc2)SC1=S. The summed E-state index contributed by atoms with van der Waals surface area (Å²) >= 11 is 12.6. The number of benzene rings is 3. The van der Waals surface area contributed by atoms with Crippen LogP contribution in [0.5, 0.6) is 5.75 Å². The Labute approximate surface area is 205 Å². The fraction of sp³-hybridized carbons (Fsp3) is 0.0800. The predicted octanol–water partition coefficient (Wildman–Crippen LogP) is 5.95. The summed E-state index contributed by atoms with van der Waals surface area (Å²) in [6.45, 7) is 0.341. The highest BCUT2D eigenvalue weighted by atomic mass is 35.5. The molecule has 0 unspecified atom stereocenters. The summed E-state index contributed by atoms with van der Waals surface area (Å²) in [5.74, 6) is -0.909. The summed E-state index contributed by atoms with van der Waals surface area (Å²) in [4.78, 5) is 26.5. The van der Waals surface area contributed by atoms with Crippen molar-refractivity contribution in [2.45, 2.75) is 12.6 Å². The van der Waals surface area contributed by atoms with Crippen LogP contribution in [0.25, 0.3) is 6.08 Å². The number of ether oxygens (including phenoxy) is 1. The van der Waals surface area contributed by atoms with Crippen LogP contribution in [0.4, 0.5) is 0 Å². The molecule has 166 valence electrons. The van der Waals surface area contributed by atoms with Gasteiger partial charge in [0.05, 0.1) is 4.91 Å². The van der Waals surface area contributed by atoms with Crippen molar-refractivity contribution in [3.05, 3.63) is 105 Å². The first-order valence-electron chi connectivity index (χ1n) is 9.95. The number of nitrogens with zero attached hydrogens (tertiary/aromatic N) is 1. The maximum Gasteiger partial charge on any atom is 0.331 e. The minimum absolute atomic E-state index is 0.210. The minimum Gasteiger partial charge on any atom is -0.489 e. The second-order valence-electron chi connectivity index (χ2n) is 7.15. The molecule has 0 bridgehead atoms. The van der Waals surface area contributed by atoms with Gasteiger partial charge in [-0.3, -0.25) is 9.69 Å². The van der Waals surface area contributed by atoms with Crippen LogP contribution in [0.3, 0.4) is 0 Å². The number of carbonyl (C=O) groups is 2. The van der Waals surface area contributed by atoms with Gasteiger partial charge in [0, 0.05) is 10.6 Å². The van der Waals surface area contributed by atoms with Crippen LogP contribution in [0.15, 0.2) is 83.8 Å². The Kier molecular flexibility index (Phi) is 7.13. The predicted molar refractivity (Wildman–Crippen MR) is 134 cm³/mol. The number of thioether (sulfide) groups is 1. The van der Waals surface area contributed by atoms with Gasteiger partial charge in [0.2, 0.25) is 0 Å². The molecular weight excluding hydrogens is 478 g/mol. The zero-order valence-corrected chi connectivity index (χ0v) is 19.6. The first-order valence-corrected chi connectivity index (χ1v) is 11.6. The van der Waals surface area contributed by atoms with E-state index in [1.54, 1.807) is 48.5 Å². The maximum absolute atomic E-state index is 13.0. The lowest BCUT2D eigenvalue weighted by Crippen LogP contribution is -2.37. The average molecular weight is 496 g/mol. The minimum atomic E-state index is -1.18. The largest absolute Gasteiger partial charge is 0.489 e. The van der Waals surface area contributed by atoms with Gasteiger partial charge in [-0.2, -0.15) is 0 Å². The molecule has 0 saturated carbocycles. The van der Waals surface area contributed by atoms with Gasteiger partial charge in [0.15, 0.2) is 6.04 Å². The van der Waals surface area contributed by atoms with Crippen molar-refractivity contribution in [3.63, 3.8) is 0 Å². The van der Waals surface area contributed by atoms with Gasteiger partial charge in [-0.1, -0.05) is 96.2 Å². The lowest BCUT2D eigenvalue weighted by molar-refractivity contribution is -0.145. The van der Waals surface area contributed by atoms with E-state index in [9.17, 15) is 14.7 Å². The Morgan fingerprint density at radius 2 is 1.73 bits per heavy atom. The second kappa shape index (κ2) is 10.2. The first-order chi connectivity index (χ1) is 15.9. The number of halogens is 1. The monoisotopic (exact) mass is 495 g/mol. The quantitative estimate of drug-likeness (QED) is 0.323. The molecule has 4 rings (SSSR count).